The molecule has 6 nitrogen and oxygen atoms in total. The van der Waals surface area contributed by atoms with Crippen molar-refractivity contribution in [3.8, 4) is 0 Å². The summed E-state index contributed by atoms with van der Waals surface area (Å²) in [7, 11) is 2.59. The molecular formula is C12H22N2O4. The Labute approximate surface area is 108 Å². The Balaban J connectivity index is 5.20. The Kier molecular flexibility index (Phi) is 5.94. The zero-order chi connectivity index (χ0) is 14.4. The quantitative estimate of drug-likeness (QED) is 0.540. The van der Waals surface area contributed by atoms with Crippen molar-refractivity contribution in [2.45, 2.75) is 51.6 Å². The smallest absolute Gasteiger partial charge is 0.335 e. The van der Waals surface area contributed by atoms with Gasteiger partial charge in [-0.05, 0) is 26.7 Å². The lowest BCUT2D eigenvalue weighted by Gasteiger charge is -2.23. The molecule has 0 aliphatic heterocycles. The predicted molar refractivity (Wildman–Crippen MR) is 66.3 cm³/mol. The molecule has 18 heavy (non-hydrogen) atoms. The molecule has 6 heteroatoms. The van der Waals surface area contributed by atoms with Crippen LogP contribution in [-0.2, 0) is 19.1 Å². The van der Waals surface area contributed by atoms with E-state index in [4.69, 9.17) is 0 Å². The highest BCUT2D eigenvalue weighted by molar-refractivity contribution is 5.81. The van der Waals surface area contributed by atoms with Crippen LogP contribution in [0.4, 0.5) is 0 Å². The normalized spacial score (nSPS) is 17.9. The van der Waals surface area contributed by atoms with Crippen molar-refractivity contribution in [2.24, 2.45) is 10.2 Å². The lowest BCUT2D eigenvalue weighted by atomic mass is 9.99. The minimum atomic E-state index is -1.07. The molecule has 0 aromatic carbocycles. The van der Waals surface area contributed by atoms with Crippen LogP contribution in [0.25, 0.3) is 0 Å². The van der Waals surface area contributed by atoms with Crippen molar-refractivity contribution < 1.29 is 19.1 Å². The first-order chi connectivity index (χ1) is 8.29. The summed E-state index contributed by atoms with van der Waals surface area (Å²) < 4.78 is 9.37. The Morgan fingerprint density at radius 3 is 1.33 bits per heavy atom. The van der Waals surface area contributed by atoms with Crippen molar-refractivity contribution in [3.63, 3.8) is 0 Å². The van der Waals surface area contributed by atoms with Gasteiger partial charge in [0, 0.05) is 0 Å². The summed E-state index contributed by atoms with van der Waals surface area (Å²) in [6.07, 6.45) is 0.869. The van der Waals surface area contributed by atoms with Crippen molar-refractivity contribution in [1.29, 1.82) is 0 Å². The summed E-state index contributed by atoms with van der Waals surface area (Å²) in [6.45, 7) is 6.85. The molecule has 0 aliphatic rings. The number of ether oxygens (including phenoxy) is 2. The fourth-order valence-electron chi connectivity index (χ4n) is 1.17. The van der Waals surface area contributed by atoms with Crippen molar-refractivity contribution in [1.82, 2.24) is 0 Å². The number of esters is 2. The molecule has 0 saturated heterocycles. The number of rotatable bonds is 6. The monoisotopic (exact) mass is 258 g/mol. The SMILES string of the molecule is CCC(C)(N=NC(C)(CC)C(=O)OC)C(=O)OC. The van der Waals surface area contributed by atoms with Gasteiger partial charge in [-0.3, -0.25) is 0 Å². The van der Waals surface area contributed by atoms with Gasteiger partial charge < -0.3 is 9.47 Å². The average molecular weight is 258 g/mol. The second-order valence-corrected chi connectivity index (χ2v) is 4.44. The fourth-order valence-corrected chi connectivity index (χ4v) is 1.17. The lowest BCUT2D eigenvalue weighted by Crippen LogP contribution is -2.37. The molecule has 0 rings (SSSR count). The van der Waals surface area contributed by atoms with E-state index in [1.54, 1.807) is 27.7 Å². The molecule has 0 aromatic heterocycles. The first-order valence-corrected chi connectivity index (χ1v) is 5.90. The highest BCUT2D eigenvalue weighted by Crippen LogP contribution is 2.23. The van der Waals surface area contributed by atoms with Crippen LogP contribution in [0.2, 0.25) is 0 Å². The van der Waals surface area contributed by atoms with E-state index in [0.717, 1.165) is 0 Å². The van der Waals surface area contributed by atoms with Gasteiger partial charge in [0.1, 0.15) is 0 Å². The van der Waals surface area contributed by atoms with Gasteiger partial charge >= 0.3 is 11.9 Å². The standard InChI is InChI=1S/C12H22N2O4/c1-7-11(3,9(15)17-5)13-14-12(4,8-2)10(16)18-6/h7-8H2,1-6H3. The van der Waals surface area contributed by atoms with Gasteiger partial charge in [-0.1, -0.05) is 13.8 Å². The maximum atomic E-state index is 11.6. The van der Waals surface area contributed by atoms with E-state index >= 15 is 0 Å². The Morgan fingerprint density at radius 2 is 1.17 bits per heavy atom. The number of carbonyl (C=O) groups excluding carboxylic acids is 2. The largest absolute Gasteiger partial charge is 0.467 e. The summed E-state index contributed by atoms with van der Waals surface area (Å²) in [6, 6.07) is 0. The molecule has 0 fully saturated rings. The second-order valence-electron chi connectivity index (χ2n) is 4.44. The number of methoxy groups -OCH3 is 2. The molecule has 0 heterocycles. The van der Waals surface area contributed by atoms with E-state index in [-0.39, 0.29) is 0 Å². The van der Waals surface area contributed by atoms with E-state index < -0.39 is 23.0 Å². The van der Waals surface area contributed by atoms with Gasteiger partial charge in [0.15, 0.2) is 11.1 Å². The van der Waals surface area contributed by atoms with Crippen molar-refractivity contribution >= 4 is 11.9 Å². The van der Waals surface area contributed by atoms with Gasteiger partial charge in [-0.15, -0.1) is 0 Å². The summed E-state index contributed by atoms with van der Waals surface area (Å²) in [4.78, 5) is 23.2. The van der Waals surface area contributed by atoms with Gasteiger partial charge in [-0.2, -0.15) is 10.2 Å². The van der Waals surface area contributed by atoms with Crippen LogP contribution in [0.3, 0.4) is 0 Å². The topological polar surface area (TPSA) is 77.3 Å². The van der Waals surface area contributed by atoms with E-state index in [0.29, 0.717) is 12.8 Å². The minimum Gasteiger partial charge on any atom is -0.467 e. The molecule has 0 spiro atoms. The first kappa shape index (κ1) is 16.5. The number of carbonyl (C=O) groups is 2. The Hall–Kier alpha value is -1.46. The number of nitrogens with zero attached hydrogens (tertiary/aromatic N) is 2. The number of azo groups is 1. The third-order valence-corrected chi connectivity index (χ3v) is 3.12. The summed E-state index contributed by atoms with van der Waals surface area (Å²) >= 11 is 0. The predicted octanol–water partition coefficient (Wildman–Crippen LogP) is 2.12. The van der Waals surface area contributed by atoms with Crippen LogP contribution in [0, 0.1) is 0 Å². The third kappa shape index (κ3) is 3.51. The second kappa shape index (κ2) is 6.47. The molecular weight excluding hydrogens is 236 g/mol. The van der Waals surface area contributed by atoms with Crippen LogP contribution in [0.5, 0.6) is 0 Å². The Bertz CT molecular complexity index is 311. The molecule has 0 aliphatic carbocycles. The van der Waals surface area contributed by atoms with Crippen LogP contribution in [-0.4, -0.2) is 37.2 Å². The minimum absolute atomic E-state index is 0.435. The fraction of sp³-hybridized carbons (Fsp3) is 0.833. The molecule has 2 unspecified atom stereocenters. The lowest BCUT2D eigenvalue weighted by molar-refractivity contribution is -0.149. The highest BCUT2D eigenvalue weighted by Gasteiger charge is 2.37. The van der Waals surface area contributed by atoms with E-state index in [9.17, 15) is 9.59 Å². The maximum absolute atomic E-state index is 11.6. The Morgan fingerprint density at radius 1 is 0.889 bits per heavy atom. The molecule has 0 aromatic rings. The molecule has 0 radical (unpaired) electrons. The molecule has 0 bridgehead atoms. The van der Waals surface area contributed by atoms with Crippen molar-refractivity contribution in [2.75, 3.05) is 14.2 Å². The van der Waals surface area contributed by atoms with Crippen LogP contribution in [0.1, 0.15) is 40.5 Å². The van der Waals surface area contributed by atoms with Crippen LogP contribution in [0.15, 0.2) is 10.2 Å². The van der Waals surface area contributed by atoms with Gasteiger partial charge in [0.05, 0.1) is 14.2 Å². The molecule has 0 N–H and O–H groups in total. The van der Waals surface area contributed by atoms with E-state index in [1.165, 1.54) is 14.2 Å². The molecule has 104 valence electrons. The van der Waals surface area contributed by atoms with Crippen LogP contribution >= 0.6 is 0 Å². The molecule has 0 saturated carbocycles. The first-order valence-electron chi connectivity index (χ1n) is 5.90. The molecule has 0 amide bonds. The van der Waals surface area contributed by atoms with Crippen molar-refractivity contribution in [3.05, 3.63) is 0 Å². The third-order valence-electron chi connectivity index (χ3n) is 3.12. The summed E-state index contributed by atoms with van der Waals surface area (Å²) in [5.41, 5.74) is -2.14. The zero-order valence-electron chi connectivity index (χ0n) is 11.9. The van der Waals surface area contributed by atoms with E-state index in [2.05, 4.69) is 19.7 Å². The zero-order valence-corrected chi connectivity index (χ0v) is 11.9. The molecule has 2 atom stereocenters. The van der Waals surface area contributed by atoms with Crippen LogP contribution < -0.4 is 0 Å². The van der Waals surface area contributed by atoms with E-state index in [1.807, 2.05) is 0 Å². The number of hydrogen-bond acceptors (Lipinski definition) is 6. The average Bonchev–Trinajstić information content (AvgIpc) is 2.42. The maximum Gasteiger partial charge on any atom is 0.335 e. The highest BCUT2D eigenvalue weighted by atomic mass is 16.5. The van der Waals surface area contributed by atoms with Gasteiger partial charge in [0.25, 0.3) is 0 Å². The summed E-state index contributed by atoms with van der Waals surface area (Å²) in [5.74, 6) is -0.950. The summed E-state index contributed by atoms with van der Waals surface area (Å²) in [5, 5.41) is 8.01. The van der Waals surface area contributed by atoms with Gasteiger partial charge in [-0.25, -0.2) is 9.59 Å². The van der Waals surface area contributed by atoms with Gasteiger partial charge in [0.2, 0.25) is 0 Å². The number of hydrogen-bond donors (Lipinski definition) is 0.